The molecule has 0 amide bonds. The zero-order valence-corrected chi connectivity index (χ0v) is 12.8. The van der Waals surface area contributed by atoms with Crippen molar-refractivity contribution >= 4 is 10.9 Å². The second-order valence-electron chi connectivity index (χ2n) is 6.10. The molecule has 1 aromatic heterocycles. The number of aromatic nitrogens is 1. The lowest BCUT2D eigenvalue weighted by Crippen LogP contribution is -2.37. The van der Waals surface area contributed by atoms with Gasteiger partial charge in [0.2, 0.25) is 0 Å². The molecule has 0 saturated heterocycles. The van der Waals surface area contributed by atoms with Crippen molar-refractivity contribution in [3.05, 3.63) is 60.0 Å². The van der Waals surface area contributed by atoms with E-state index < -0.39 is 0 Å². The fraction of sp³-hybridized carbons (Fsp3) is 0.263. The van der Waals surface area contributed by atoms with E-state index in [4.69, 9.17) is 0 Å². The monoisotopic (exact) mass is 294 g/mol. The van der Waals surface area contributed by atoms with Crippen LogP contribution >= 0.6 is 0 Å². The number of halogens is 1. The van der Waals surface area contributed by atoms with Crippen LogP contribution in [0.15, 0.2) is 48.7 Å². The predicted octanol–water partition coefficient (Wildman–Crippen LogP) is 4.15. The topological polar surface area (TPSA) is 17.0 Å². The first-order valence-electron chi connectivity index (χ1n) is 7.74. The van der Waals surface area contributed by atoms with Crippen molar-refractivity contribution in [2.45, 2.75) is 25.4 Å². The van der Waals surface area contributed by atoms with E-state index in [1.165, 1.54) is 17.1 Å². The van der Waals surface area contributed by atoms with Crippen LogP contribution in [0.25, 0.3) is 22.0 Å². The zero-order valence-electron chi connectivity index (χ0n) is 12.8. The highest BCUT2D eigenvalue weighted by atomic mass is 19.1. The summed E-state index contributed by atoms with van der Waals surface area (Å²) in [5.41, 5.74) is 4.25. The summed E-state index contributed by atoms with van der Waals surface area (Å²) in [5, 5.41) is 4.55. The van der Waals surface area contributed by atoms with Gasteiger partial charge >= 0.3 is 0 Å². The third-order valence-electron chi connectivity index (χ3n) is 4.95. The molecule has 0 radical (unpaired) electrons. The summed E-state index contributed by atoms with van der Waals surface area (Å²) in [5.74, 6) is 0.286. The van der Waals surface area contributed by atoms with E-state index in [-0.39, 0.29) is 5.82 Å². The van der Waals surface area contributed by atoms with E-state index in [1.807, 2.05) is 19.2 Å². The van der Waals surface area contributed by atoms with Crippen molar-refractivity contribution in [3.8, 4) is 11.1 Å². The minimum Gasteiger partial charge on any atom is -0.345 e. The number of likely N-dealkylation sites (N-methyl/N-ethyl adjacent to an activating group) is 1. The second-order valence-corrected chi connectivity index (χ2v) is 6.10. The maximum Gasteiger partial charge on any atom is 0.131 e. The standard InChI is InChI=1S/C19H19FN2/c1-12-13-7-5-8-15-16(14-6-3-4-9-17(14)20)10-22(19(13)15)11-18(12)21-2/h3-10,12,18,21H,11H2,1-2H3/t12?,18-/m1/s1. The molecule has 3 heteroatoms. The minimum absolute atomic E-state index is 0.163. The Kier molecular flexibility index (Phi) is 3.05. The zero-order chi connectivity index (χ0) is 15.3. The van der Waals surface area contributed by atoms with Gasteiger partial charge in [0.25, 0.3) is 0 Å². The van der Waals surface area contributed by atoms with Crippen molar-refractivity contribution < 1.29 is 4.39 Å². The molecule has 0 fully saturated rings. The Labute approximate surface area is 129 Å². The van der Waals surface area contributed by atoms with E-state index in [0.717, 1.165) is 17.5 Å². The molecule has 0 aliphatic carbocycles. The predicted molar refractivity (Wildman–Crippen MR) is 88.6 cm³/mol. The lowest BCUT2D eigenvalue weighted by molar-refractivity contribution is 0.415. The lowest BCUT2D eigenvalue weighted by Gasteiger charge is -2.30. The molecule has 0 spiro atoms. The van der Waals surface area contributed by atoms with E-state index in [1.54, 1.807) is 6.07 Å². The largest absolute Gasteiger partial charge is 0.345 e. The summed E-state index contributed by atoms with van der Waals surface area (Å²) < 4.78 is 16.5. The minimum atomic E-state index is -0.163. The molecule has 2 nitrogen and oxygen atoms in total. The summed E-state index contributed by atoms with van der Waals surface area (Å²) in [7, 11) is 2.01. The van der Waals surface area contributed by atoms with Crippen LogP contribution in [0.2, 0.25) is 0 Å². The first-order valence-corrected chi connectivity index (χ1v) is 7.74. The average molecular weight is 294 g/mol. The van der Waals surface area contributed by atoms with Crippen LogP contribution in [0.4, 0.5) is 4.39 Å². The van der Waals surface area contributed by atoms with Gasteiger partial charge in [-0.05, 0) is 18.7 Å². The Balaban J connectivity index is 2.01. The first-order chi connectivity index (χ1) is 10.7. The maximum absolute atomic E-state index is 14.2. The molecule has 2 atom stereocenters. The highest BCUT2D eigenvalue weighted by molar-refractivity contribution is 5.98. The second kappa shape index (κ2) is 4.96. The number of hydrogen-bond donors (Lipinski definition) is 1. The summed E-state index contributed by atoms with van der Waals surface area (Å²) in [6.07, 6.45) is 2.10. The summed E-state index contributed by atoms with van der Waals surface area (Å²) in [6, 6.07) is 13.8. The van der Waals surface area contributed by atoms with Crippen molar-refractivity contribution in [2.24, 2.45) is 0 Å². The molecule has 112 valence electrons. The first kappa shape index (κ1) is 13.5. The van der Waals surface area contributed by atoms with Crippen LogP contribution in [0.3, 0.4) is 0 Å². The van der Waals surface area contributed by atoms with Gasteiger partial charge in [0, 0.05) is 41.2 Å². The molecule has 1 unspecified atom stereocenters. The summed E-state index contributed by atoms with van der Waals surface area (Å²) >= 11 is 0. The quantitative estimate of drug-likeness (QED) is 0.751. The van der Waals surface area contributed by atoms with Crippen LogP contribution in [0, 0.1) is 5.82 Å². The van der Waals surface area contributed by atoms with E-state index in [2.05, 4.69) is 41.2 Å². The molecular formula is C19H19FN2. The van der Waals surface area contributed by atoms with Crippen LogP contribution in [-0.2, 0) is 6.54 Å². The van der Waals surface area contributed by atoms with Crippen molar-refractivity contribution in [1.29, 1.82) is 0 Å². The number of nitrogens with one attached hydrogen (secondary N) is 1. The van der Waals surface area contributed by atoms with E-state index in [9.17, 15) is 4.39 Å². The van der Waals surface area contributed by atoms with Crippen LogP contribution in [0.5, 0.6) is 0 Å². The van der Waals surface area contributed by atoms with Gasteiger partial charge in [0.15, 0.2) is 0 Å². The SMILES string of the molecule is CN[C@@H]1Cn2cc(-c3ccccc3F)c3cccc(c32)C1C. The molecule has 22 heavy (non-hydrogen) atoms. The summed E-state index contributed by atoms with van der Waals surface area (Å²) in [6.45, 7) is 3.18. The average Bonchev–Trinajstić information content (AvgIpc) is 2.91. The highest BCUT2D eigenvalue weighted by Crippen LogP contribution is 2.39. The molecular weight excluding hydrogens is 275 g/mol. The third-order valence-corrected chi connectivity index (χ3v) is 4.95. The fourth-order valence-corrected chi connectivity index (χ4v) is 3.72. The molecule has 1 N–H and O–H groups in total. The molecule has 4 rings (SSSR count). The Morgan fingerprint density at radius 2 is 1.91 bits per heavy atom. The normalized spacial score (nSPS) is 20.5. The molecule has 1 aliphatic heterocycles. The van der Waals surface area contributed by atoms with Gasteiger partial charge in [-0.2, -0.15) is 0 Å². The van der Waals surface area contributed by atoms with E-state index in [0.29, 0.717) is 17.5 Å². The Morgan fingerprint density at radius 3 is 2.68 bits per heavy atom. The van der Waals surface area contributed by atoms with E-state index >= 15 is 0 Å². The molecule has 0 saturated carbocycles. The molecule has 1 aliphatic rings. The lowest BCUT2D eigenvalue weighted by atomic mass is 9.88. The van der Waals surface area contributed by atoms with Crippen molar-refractivity contribution in [2.75, 3.05) is 7.05 Å². The molecule has 2 heterocycles. The van der Waals surface area contributed by atoms with Gasteiger partial charge < -0.3 is 9.88 Å². The van der Waals surface area contributed by atoms with Crippen LogP contribution in [-0.4, -0.2) is 17.7 Å². The van der Waals surface area contributed by atoms with Gasteiger partial charge in [-0.3, -0.25) is 0 Å². The van der Waals surface area contributed by atoms with Gasteiger partial charge in [-0.1, -0.05) is 43.3 Å². The highest BCUT2D eigenvalue weighted by Gasteiger charge is 2.28. The summed E-state index contributed by atoms with van der Waals surface area (Å²) in [4.78, 5) is 0. The van der Waals surface area contributed by atoms with Crippen molar-refractivity contribution in [1.82, 2.24) is 9.88 Å². The Morgan fingerprint density at radius 1 is 1.09 bits per heavy atom. The molecule has 2 aromatic carbocycles. The smallest absolute Gasteiger partial charge is 0.131 e. The molecule has 0 bridgehead atoms. The van der Waals surface area contributed by atoms with Gasteiger partial charge in [-0.15, -0.1) is 0 Å². The third kappa shape index (κ3) is 1.82. The van der Waals surface area contributed by atoms with Crippen LogP contribution in [0.1, 0.15) is 18.4 Å². The Hall–Kier alpha value is -2.13. The number of nitrogens with zero attached hydrogens (tertiary/aromatic N) is 1. The number of para-hydroxylation sites is 1. The van der Waals surface area contributed by atoms with Gasteiger partial charge in [0.05, 0.1) is 5.52 Å². The van der Waals surface area contributed by atoms with Crippen LogP contribution < -0.4 is 5.32 Å². The van der Waals surface area contributed by atoms with Gasteiger partial charge in [0.1, 0.15) is 5.82 Å². The number of benzene rings is 2. The number of hydrogen-bond acceptors (Lipinski definition) is 1. The maximum atomic E-state index is 14.2. The Bertz CT molecular complexity index is 850. The van der Waals surface area contributed by atoms with Gasteiger partial charge in [-0.25, -0.2) is 4.39 Å². The molecule has 3 aromatic rings. The van der Waals surface area contributed by atoms with Crippen molar-refractivity contribution in [3.63, 3.8) is 0 Å². The number of rotatable bonds is 2. The fourth-order valence-electron chi connectivity index (χ4n) is 3.72.